The lowest BCUT2D eigenvalue weighted by molar-refractivity contribution is -0.127. The molecular formula is C50H47NO6. The van der Waals surface area contributed by atoms with Gasteiger partial charge in [-0.3, -0.25) is 9.59 Å². The number of phenols is 4. The van der Waals surface area contributed by atoms with Crippen molar-refractivity contribution in [3.8, 4) is 23.0 Å². The minimum Gasteiger partial charge on any atom is -0.508 e. The van der Waals surface area contributed by atoms with Crippen LogP contribution in [0.3, 0.4) is 0 Å². The molecule has 8 rings (SSSR count). The Labute approximate surface area is 333 Å². The summed E-state index contributed by atoms with van der Waals surface area (Å²) >= 11 is 0. The third-order valence-electron chi connectivity index (χ3n) is 12.2. The van der Waals surface area contributed by atoms with E-state index in [2.05, 4.69) is 6.07 Å². The number of anilines is 1. The average molecular weight is 758 g/mol. The highest BCUT2D eigenvalue weighted by atomic mass is 16.3. The van der Waals surface area contributed by atoms with Crippen molar-refractivity contribution in [2.45, 2.75) is 62.2 Å². The first-order valence-corrected chi connectivity index (χ1v) is 20.0. The molecule has 4 N–H and O–H groups in total. The Morgan fingerprint density at radius 3 is 1.42 bits per heavy atom. The predicted octanol–water partition coefficient (Wildman–Crippen LogP) is 9.70. The molecule has 1 atom stereocenters. The zero-order chi connectivity index (χ0) is 39.6. The molecule has 7 nitrogen and oxygen atoms in total. The zero-order valence-corrected chi connectivity index (χ0v) is 31.9. The number of carbonyl (C=O) groups excluding carboxylic acids is 2. The third kappa shape index (κ3) is 6.61. The van der Waals surface area contributed by atoms with Gasteiger partial charge < -0.3 is 25.3 Å². The van der Waals surface area contributed by atoms with E-state index in [4.69, 9.17) is 0 Å². The molecule has 1 unspecified atom stereocenters. The third-order valence-corrected chi connectivity index (χ3v) is 12.2. The monoisotopic (exact) mass is 757 g/mol. The number of hydrogen-bond acceptors (Lipinski definition) is 6. The topological polar surface area (TPSA) is 118 Å². The molecule has 1 heterocycles. The van der Waals surface area contributed by atoms with Crippen molar-refractivity contribution in [1.82, 2.24) is 0 Å². The number of aromatic hydroxyl groups is 4. The van der Waals surface area contributed by atoms with E-state index in [9.17, 15) is 30.0 Å². The van der Waals surface area contributed by atoms with Crippen LogP contribution in [0.2, 0.25) is 0 Å². The van der Waals surface area contributed by atoms with Crippen LogP contribution < -0.4 is 4.90 Å². The minimum absolute atomic E-state index is 0.0468. The largest absolute Gasteiger partial charge is 0.508 e. The molecule has 2 aliphatic rings. The molecule has 0 fully saturated rings. The molecule has 1 amide bonds. The Kier molecular flexibility index (Phi) is 10.3. The molecular weight excluding hydrogens is 711 g/mol. The Hall–Kier alpha value is -6.34. The van der Waals surface area contributed by atoms with Crippen molar-refractivity contribution in [2.75, 3.05) is 11.4 Å². The van der Waals surface area contributed by atoms with Crippen molar-refractivity contribution in [3.63, 3.8) is 0 Å². The highest BCUT2D eigenvalue weighted by molar-refractivity contribution is 6.13. The molecule has 0 radical (unpaired) electrons. The number of hydrogen-bond donors (Lipinski definition) is 4. The second-order valence-corrected chi connectivity index (χ2v) is 15.5. The highest BCUT2D eigenvalue weighted by Crippen LogP contribution is 2.51. The van der Waals surface area contributed by atoms with E-state index in [1.807, 2.05) is 71.6 Å². The average Bonchev–Trinajstić information content (AvgIpc) is 3.48. The van der Waals surface area contributed by atoms with E-state index in [1.54, 1.807) is 72.8 Å². The predicted molar refractivity (Wildman–Crippen MR) is 222 cm³/mol. The summed E-state index contributed by atoms with van der Waals surface area (Å²) in [5, 5.41) is 40.5. The summed E-state index contributed by atoms with van der Waals surface area (Å²) < 4.78 is 0. The number of para-hydroxylation sites is 1. The summed E-state index contributed by atoms with van der Waals surface area (Å²) in [6.45, 7) is 0.570. The van der Waals surface area contributed by atoms with Crippen LogP contribution in [0.25, 0.3) is 0 Å². The first kappa shape index (κ1) is 37.6. The quantitative estimate of drug-likeness (QED) is 0.0872. The molecule has 1 aliphatic carbocycles. The van der Waals surface area contributed by atoms with Crippen LogP contribution in [0.1, 0.15) is 83.9 Å². The lowest BCUT2D eigenvalue weighted by atomic mass is 9.58. The summed E-state index contributed by atoms with van der Waals surface area (Å²) in [4.78, 5) is 31.5. The number of benzene rings is 6. The smallest absolute Gasteiger partial charge is 0.246 e. The van der Waals surface area contributed by atoms with Crippen molar-refractivity contribution < 1.29 is 30.0 Å². The molecule has 288 valence electrons. The van der Waals surface area contributed by atoms with Gasteiger partial charge in [-0.2, -0.15) is 0 Å². The van der Waals surface area contributed by atoms with Gasteiger partial charge in [0.2, 0.25) is 5.91 Å². The van der Waals surface area contributed by atoms with E-state index in [-0.39, 0.29) is 40.6 Å². The minimum atomic E-state index is -1.11. The maximum absolute atomic E-state index is 14.9. The van der Waals surface area contributed by atoms with Gasteiger partial charge >= 0.3 is 0 Å². The van der Waals surface area contributed by atoms with Gasteiger partial charge in [-0.1, -0.05) is 123 Å². The Morgan fingerprint density at radius 2 is 0.895 bits per heavy atom. The van der Waals surface area contributed by atoms with E-state index in [0.29, 0.717) is 13.0 Å². The maximum Gasteiger partial charge on any atom is 0.246 e. The number of fused-ring (bicyclic) bond motifs is 2. The molecule has 57 heavy (non-hydrogen) atoms. The fourth-order valence-corrected chi connectivity index (χ4v) is 9.47. The molecule has 0 bridgehead atoms. The Bertz CT molecular complexity index is 2280. The molecule has 6 aromatic rings. The lowest BCUT2D eigenvalue weighted by Crippen LogP contribution is -2.47. The number of rotatable bonds is 13. The summed E-state index contributed by atoms with van der Waals surface area (Å²) in [6, 6.07) is 43.7. The number of Topliss-reactive ketones (excluding diaryl/α,β-unsaturated/α-hetero) is 1. The number of carbonyl (C=O) groups is 2. The van der Waals surface area contributed by atoms with E-state index in [1.165, 1.54) is 0 Å². The fraction of sp³-hybridized carbons (Fsp3) is 0.240. The van der Waals surface area contributed by atoms with Crippen LogP contribution in [0.5, 0.6) is 23.0 Å². The van der Waals surface area contributed by atoms with Gasteiger partial charge in [-0.15, -0.1) is 0 Å². The van der Waals surface area contributed by atoms with Crippen molar-refractivity contribution in [1.29, 1.82) is 0 Å². The van der Waals surface area contributed by atoms with Gasteiger partial charge in [0.1, 0.15) is 33.8 Å². The number of amides is 1. The Morgan fingerprint density at radius 1 is 0.474 bits per heavy atom. The van der Waals surface area contributed by atoms with Crippen molar-refractivity contribution in [3.05, 3.63) is 185 Å². The van der Waals surface area contributed by atoms with Crippen LogP contribution in [0.4, 0.5) is 5.69 Å². The number of ketones is 1. The Balaban J connectivity index is 0.930. The van der Waals surface area contributed by atoms with E-state index < -0.39 is 10.8 Å². The van der Waals surface area contributed by atoms with Gasteiger partial charge in [-0.25, -0.2) is 0 Å². The van der Waals surface area contributed by atoms with Gasteiger partial charge in [0, 0.05) is 23.7 Å². The molecule has 1 aliphatic heterocycles. The molecule has 0 aromatic heterocycles. The molecule has 0 saturated heterocycles. The molecule has 6 aromatic carbocycles. The van der Waals surface area contributed by atoms with Crippen LogP contribution >= 0.6 is 0 Å². The summed E-state index contributed by atoms with van der Waals surface area (Å²) in [6.07, 6.45) is 7.17. The SMILES string of the molecule is O=C1C(CCCCCCCCN2C(=O)C(c3ccc(O)cc3)(c3ccc(O)cc3)c3ccccc32)Cc2ccccc2C1(c1ccc(O)cc1)c1ccc(O)cc1. The van der Waals surface area contributed by atoms with Crippen molar-refractivity contribution >= 4 is 17.4 Å². The van der Waals surface area contributed by atoms with Crippen LogP contribution in [-0.2, 0) is 26.8 Å². The van der Waals surface area contributed by atoms with Gasteiger partial charge in [0.05, 0.1) is 0 Å². The lowest BCUT2D eigenvalue weighted by Gasteiger charge is -2.42. The van der Waals surface area contributed by atoms with Crippen LogP contribution in [0, 0.1) is 5.92 Å². The van der Waals surface area contributed by atoms with Gasteiger partial charge in [0.15, 0.2) is 5.78 Å². The highest BCUT2D eigenvalue weighted by Gasteiger charge is 2.53. The van der Waals surface area contributed by atoms with E-state index in [0.717, 1.165) is 89.6 Å². The summed E-state index contributed by atoms with van der Waals surface area (Å²) in [5.41, 5.74) is 4.79. The zero-order valence-electron chi connectivity index (χ0n) is 31.9. The normalized spacial score (nSPS) is 16.6. The number of phenolic OH excluding ortho intramolecular Hbond substituents is 4. The summed E-state index contributed by atoms with van der Waals surface area (Å²) in [5.74, 6) is 0.440. The second kappa shape index (κ2) is 15.7. The number of unbranched alkanes of at least 4 members (excludes halogenated alkanes) is 5. The van der Waals surface area contributed by atoms with Gasteiger partial charge in [-0.05, 0) is 107 Å². The maximum atomic E-state index is 14.9. The van der Waals surface area contributed by atoms with E-state index >= 15 is 0 Å². The first-order chi connectivity index (χ1) is 27.7. The van der Waals surface area contributed by atoms with Crippen molar-refractivity contribution in [2.24, 2.45) is 5.92 Å². The number of nitrogens with zero attached hydrogens (tertiary/aromatic N) is 1. The molecule has 0 spiro atoms. The molecule has 7 heteroatoms. The molecule has 0 saturated carbocycles. The van der Waals surface area contributed by atoms with Crippen LogP contribution in [-0.4, -0.2) is 38.7 Å². The second-order valence-electron chi connectivity index (χ2n) is 15.5. The summed E-state index contributed by atoms with van der Waals surface area (Å²) in [7, 11) is 0. The van der Waals surface area contributed by atoms with Gasteiger partial charge in [0.25, 0.3) is 0 Å². The van der Waals surface area contributed by atoms with Crippen LogP contribution in [0.15, 0.2) is 146 Å². The fourth-order valence-electron chi connectivity index (χ4n) is 9.47. The standard InChI is InChI=1S/C50H47NO6/c52-40-24-16-36(17-25-40)49(37-18-26-41(53)27-19-37)44-13-7-6-11-34(44)33-35(47(49)56)12-5-3-1-2-4-10-32-51-46-15-9-8-14-45(46)50(48(51)57,38-20-28-42(54)29-21-38)39-22-30-43(55)31-23-39/h6-9,11,13-31,35,52-55H,1-5,10,12,32-33H2. The first-order valence-electron chi connectivity index (χ1n) is 20.0.